The van der Waals surface area contributed by atoms with E-state index in [1.165, 1.54) is 0 Å². The average molecular weight is 325 g/mol. The van der Waals surface area contributed by atoms with Gasteiger partial charge in [0.05, 0.1) is 19.3 Å². The van der Waals surface area contributed by atoms with Gasteiger partial charge in [0.25, 0.3) is 5.91 Å². The van der Waals surface area contributed by atoms with Crippen LogP contribution in [0.2, 0.25) is 0 Å². The molecule has 4 heteroatoms. The van der Waals surface area contributed by atoms with Gasteiger partial charge in [-0.3, -0.25) is 4.79 Å². The first-order valence-electron chi connectivity index (χ1n) is 8.38. The molecule has 1 fully saturated rings. The van der Waals surface area contributed by atoms with E-state index in [-0.39, 0.29) is 5.91 Å². The molecule has 1 unspecified atom stereocenters. The van der Waals surface area contributed by atoms with Crippen molar-refractivity contribution >= 4 is 5.91 Å². The molecule has 0 aromatic heterocycles. The molecule has 4 nitrogen and oxygen atoms in total. The first-order valence-corrected chi connectivity index (χ1v) is 8.38. The number of benzene rings is 2. The van der Waals surface area contributed by atoms with Gasteiger partial charge in [-0.15, -0.1) is 0 Å². The Balaban J connectivity index is 1.61. The van der Waals surface area contributed by atoms with Crippen LogP contribution in [0.25, 0.3) is 0 Å². The van der Waals surface area contributed by atoms with E-state index in [4.69, 9.17) is 9.47 Å². The van der Waals surface area contributed by atoms with E-state index in [2.05, 4.69) is 0 Å². The summed E-state index contributed by atoms with van der Waals surface area (Å²) in [5, 5.41) is 0. The van der Waals surface area contributed by atoms with Crippen LogP contribution < -0.4 is 9.47 Å². The van der Waals surface area contributed by atoms with Crippen molar-refractivity contribution in [2.75, 3.05) is 26.8 Å². The van der Waals surface area contributed by atoms with E-state index in [1.54, 1.807) is 7.11 Å². The van der Waals surface area contributed by atoms with Crippen molar-refractivity contribution in [3.63, 3.8) is 0 Å². The molecule has 1 saturated heterocycles. The Bertz CT molecular complexity index is 672. The van der Waals surface area contributed by atoms with Gasteiger partial charge in [0.1, 0.15) is 11.5 Å². The highest BCUT2D eigenvalue weighted by atomic mass is 16.5. The molecule has 1 aliphatic rings. The second-order valence-electron chi connectivity index (χ2n) is 6.08. The molecule has 1 aliphatic heterocycles. The molecule has 0 N–H and O–H groups in total. The third kappa shape index (κ3) is 3.88. The first-order chi connectivity index (χ1) is 11.8. The molecule has 0 spiro atoms. The molecule has 0 saturated carbocycles. The Hall–Kier alpha value is -2.49. The van der Waals surface area contributed by atoms with E-state index < -0.39 is 0 Å². The summed E-state index contributed by atoms with van der Waals surface area (Å²) in [7, 11) is 1.60. The van der Waals surface area contributed by atoms with E-state index in [0.29, 0.717) is 23.8 Å². The van der Waals surface area contributed by atoms with E-state index in [9.17, 15) is 4.79 Å². The van der Waals surface area contributed by atoms with Crippen LogP contribution in [-0.4, -0.2) is 37.6 Å². The predicted molar refractivity (Wildman–Crippen MR) is 93.6 cm³/mol. The maximum absolute atomic E-state index is 12.8. The van der Waals surface area contributed by atoms with Gasteiger partial charge in [0.2, 0.25) is 0 Å². The van der Waals surface area contributed by atoms with Gasteiger partial charge < -0.3 is 14.4 Å². The van der Waals surface area contributed by atoms with Gasteiger partial charge >= 0.3 is 0 Å². The quantitative estimate of drug-likeness (QED) is 0.843. The molecule has 1 heterocycles. The minimum Gasteiger partial charge on any atom is -0.496 e. The minimum atomic E-state index is 0.0388. The monoisotopic (exact) mass is 325 g/mol. The van der Waals surface area contributed by atoms with Gasteiger partial charge in [-0.1, -0.05) is 30.3 Å². The molecule has 1 atom stereocenters. The van der Waals surface area contributed by atoms with Crippen molar-refractivity contribution in [2.45, 2.75) is 12.8 Å². The molecule has 24 heavy (non-hydrogen) atoms. The lowest BCUT2D eigenvalue weighted by Gasteiger charge is -2.33. The van der Waals surface area contributed by atoms with Crippen LogP contribution in [0.5, 0.6) is 11.5 Å². The molecule has 2 aromatic rings. The Morgan fingerprint density at radius 1 is 1.12 bits per heavy atom. The van der Waals surface area contributed by atoms with Crippen LogP contribution in [0.3, 0.4) is 0 Å². The maximum atomic E-state index is 12.8. The number of carbonyl (C=O) groups is 1. The van der Waals surface area contributed by atoms with Crippen molar-refractivity contribution in [3.05, 3.63) is 60.2 Å². The summed E-state index contributed by atoms with van der Waals surface area (Å²) in [6.45, 7) is 2.15. The Morgan fingerprint density at radius 3 is 2.67 bits per heavy atom. The van der Waals surface area contributed by atoms with Crippen molar-refractivity contribution in [1.82, 2.24) is 4.90 Å². The lowest BCUT2D eigenvalue weighted by Crippen LogP contribution is -2.41. The second-order valence-corrected chi connectivity index (χ2v) is 6.08. The number of nitrogens with zero attached hydrogens (tertiary/aromatic N) is 1. The summed E-state index contributed by atoms with van der Waals surface area (Å²) in [5.74, 6) is 1.91. The van der Waals surface area contributed by atoms with Crippen LogP contribution in [-0.2, 0) is 0 Å². The molecular weight excluding hydrogens is 302 g/mol. The summed E-state index contributed by atoms with van der Waals surface area (Å²) in [5.41, 5.74) is 0.629. The van der Waals surface area contributed by atoms with Gasteiger partial charge in [-0.05, 0) is 37.1 Å². The van der Waals surface area contributed by atoms with Crippen molar-refractivity contribution < 1.29 is 14.3 Å². The van der Waals surface area contributed by atoms with Gasteiger partial charge in [-0.25, -0.2) is 0 Å². The number of hydrogen-bond acceptors (Lipinski definition) is 3. The lowest BCUT2D eigenvalue weighted by molar-refractivity contribution is 0.0630. The maximum Gasteiger partial charge on any atom is 0.257 e. The first kappa shape index (κ1) is 16.4. The second kappa shape index (κ2) is 7.86. The highest BCUT2D eigenvalue weighted by Crippen LogP contribution is 2.24. The summed E-state index contributed by atoms with van der Waals surface area (Å²) in [6, 6.07) is 17.2. The Kier molecular flexibility index (Phi) is 5.36. The topological polar surface area (TPSA) is 38.8 Å². The number of amides is 1. The zero-order valence-electron chi connectivity index (χ0n) is 14.0. The lowest BCUT2D eigenvalue weighted by atomic mass is 9.98. The predicted octanol–water partition coefficient (Wildman–Crippen LogP) is 3.63. The van der Waals surface area contributed by atoms with Gasteiger partial charge in [-0.2, -0.15) is 0 Å². The number of methoxy groups -OCH3 is 1. The number of piperidine rings is 1. The van der Waals surface area contributed by atoms with Crippen LogP contribution in [0.1, 0.15) is 23.2 Å². The largest absolute Gasteiger partial charge is 0.496 e. The highest BCUT2D eigenvalue weighted by molar-refractivity contribution is 5.97. The number of carbonyl (C=O) groups excluding carboxylic acids is 1. The average Bonchev–Trinajstić information content (AvgIpc) is 2.67. The van der Waals surface area contributed by atoms with Crippen LogP contribution >= 0.6 is 0 Å². The summed E-state index contributed by atoms with van der Waals surface area (Å²) in [4.78, 5) is 14.7. The van der Waals surface area contributed by atoms with E-state index in [1.807, 2.05) is 59.5 Å². The van der Waals surface area contributed by atoms with E-state index in [0.717, 1.165) is 31.7 Å². The fraction of sp³-hybridized carbons (Fsp3) is 0.350. The number of ether oxygens (including phenoxy) is 2. The standard InChI is InChI=1S/C20H23NO3/c1-23-19-12-6-5-11-18(19)20(22)21-13-7-8-16(14-21)15-24-17-9-3-2-4-10-17/h2-6,9-12,16H,7-8,13-15H2,1H3. The van der Waals surface area contributed by atoms with E-state index >= 15 is 0 Å². The highest BCUT2D eigenvalue weighted by Gasteiger charge is 2.26. The van der Waals surface area contributed by atoms with Gasteiger partial charge in [0, 0.05) is 19.0 Å². The molecule has 0 radical (unpaired) electrons. The normalized spacial score (nSPS) is 17.4. The smallest absolute Gasteiger partial charge is 0.257 e. The third-order valence-electron chi connectivity index (χ3n) is 4.37. The van der Waals surface area contributed by atoms with Crippen molar-refractivity contribution in [1.29, 1.82) is 0 Å². The fourth-order valence-corrected chi connectivity index (χ4v) is 3.11. The van der Waals surface area contributed by atoms with Crippen molar-refractivity contribution in [3.8, 4) is 11.5 Å². The molecule has 3 rings (SSSR count). The fourth-order valence-electron chi connectivity index (χ4n) is 3.11. The SMILES string of the molecule is COc1ccccc1C(=O)N1CCCC(COc2ccccc2)C1. The summed E-state index contributed by atoms with van der Waals surface area (Å²) >= 11 is 0. The van der Waals surface area contributed by atoms with Crippen LogP contribution in [0, 0.1) is 5.92 Å². The Morgan fingerprint density at radius 2 is 1.88 bits per heavy atom. The molecular formula is C20H23NO3. The molecule has 0 bridgehead atoms. The Labute approximate surface area is 143 Å². The van der Waals surface area contributed by atoms with Gasteiger partial charge in [0.15, 0.2) is 0 Å². The minimum absolute atomic E-state index is 0.0388. The molecule has 0 aliphatic carbocycles. The third-order valence-corrected chi connectivity index (χ3v) is 4.37. The molecule has 2 aromatic carbocycles. The number of hydrogen-bond donors (Lipinski definition) is 0. The number of para-hydroxylation sites is 2. The molecule has 1 amide bonds. The number of likely N-dealkylation sites (tertiary alicyclic amines) is 1. The summed E-state index contributed by atoms with van der Waals surface area (Å²) in [6.07, 6.45) is 2.09. The van der Waals surface area contributed by atoms with Crippen LogP contribution in [0.4, 0.5) is 0 Å². The number of rotatable bonds is 5. The van der Waals surface area contributed by atoms with Crippen molar-refractivity contribution in [2.24, 2.45) is 5.92 Å². The molecule has 126 valence electrons. The summed E-state index contributed by atoms with van der Waals surface area (Å²) < 4.78 is 11.2. The van der Waals surface area contributed by atoms with Crippen LogP contribution in [0.15, 0.2) is 54.6 Å². The zero-order chi connectivity index (χ0) is 16.8. The zero-order valence-corrected chi connectivity index (χ0v) is 14.0.